The molecule has 3 saturated heterocycles. The van der Waals surface area contributed by atoms with Gasteiger partial charge in [0.15, 0.2) is 0 Å². The quantitative estimate of drug-likeness (QED) is 0.628. The monoisotopic (exact) mass is 184 g/mol. The van der Waals surface area contributed by atoms with Crippen LogP contribution in [0.3, 0.4) is 0 Å². The van der Waals surface area contributed by atoms with Gasteiger partial charge in [-0.3, -0.25) is 9.69 Å². The lowest BCUT2D eigenvalue weighted by Crippen LogP contribution is -2.61. The Morgan fingerprint density at radius 3 is 2.54 bits per heavy atom. The van der Waals surface area contributed by atoms with Crippen LogP contribution in [0.2, 0.25) is 0 Å². The molecule has 3 N–H and O–H groups in total. The number of carboxylic acids is 1. The fourth-order valence-electron chi connectivity index (χ4n) is 2.64. The molecule has 1 unspecified atom stereocenters. The van der Waals surface area contributed by atoms with Crippen LogP contribution in [-0.4, -0.2) is 41.1 Å². The molecule has 0 amide bonds. The molecule has 3 fully saturated rings. The highest BCUT2D eigenvalue weighted by Crippen LogP contribution is 2.32. The van der Waals surface area contributed by atoms with Crippen molar-refractivity contribution in [2.45, 2.75) is 31.3 Å². The van der Waals surface area contributed by atoms with Crippen LogP contribution in [-0.2, 0) is 4.79 Å². The third kappa shape index (κ3) is 1.56. The third-order valence-corrected chi connectivity index (χ3v) is 3.42. The molecule has 2 atom stereocenters. The number of carbonyl (C=O) groups is 1. The molecule has 4 nitrogen and oxygen atoms in total. The Balaban J connectivity index is 2.05. The molecule has 0 aromatic rings. The lowest BCUT2D eigenvalue weighted by molar-refractivity contribution is -0.140. The minimum atomic E-state index is -0.729. The van der Waals surface area contributed by atoms with Crippen molar-refractivity contribution < 1.29 is 9.90 Å². The first-order valence-corrected chi connectivity index (χ1v) is 4.90. The minimum absolute atomic E-state index is 0.0820. The second-order valence-electron chi connectivity index (χ2n) is 4.12. The van der Waals surface area contributed by atoms with E-state index in [1.807, 2.05) is 0 Å². The van der Waals surface area contributed by atoms with Gasteiger partial charge in [-0.1, -0.05) is 0 Å². The zero-order valence-electron chi connectivity index (χ0n) is 7.65. The first-order valence-electron chi connectivity index (χ1n) is 4.90. The fourth-order valence-corrected chi connectivity index (χ4v) is 2.64. The van der Waals surface area contributed by atoms with Gasteiger partial charge in [0.2, 0.25) is 0 Å². The Bertz CT molecular complexity index is 210. The van der Waals surface area contributed by atoms with Crippen molar-refractivity contribution in [1.82, 2.24) is 4.90 Å². The summed E-state index contributed by atoms with van der Waals surface area (Å²) < 4.78 is 0. The Labute approximate surface area is 77.7 Å². The second kappa shape index (κ2) is 3.27. The predicted octanol–water partition coefficient (Wildman–Crippen LogP) is -0.117. The topological polar surface area (TPSA) is 66.6 Å². The normalized spacial score (nSPS) is 43.5. The summed E-state index contributed by atoms with van der Waals surface area (Å²) in [5.74, 6) is -0.164. The van der Waals surface area contributed by atoms with Gasteiger partial charge in [0.25, 0.3) is 0 Å². The van der Waals surface area contributed by atoms with Gasteiger partial charge in [0.05, 0.1) is 6.42 Å². The Morgan fingerprint density at radius 2 is 2.08 bits per heavy atom. The summed E-state index contributed by atoms with van der Waals surface area (Å²) in [6.45, 7) is 2.08. The molecule has 0 radical (unpaired) electrons. The molecule has 0 aromatic carbocycles. The number of hydrogen-bond donors (Lipinski definition) is 2. The number of rotatable bonds is 2. The SMILES string of the molecule is N[C@H]1C2CCN(CC2)C1CC(=O)O. The zero-order valence-corrected chi connectivity index (χ0v) is 7.65. The van der Waals surface area contributed by atoms with Crippen LogP contribution < -0.4 is 5.73 Å². The van der Waals surface area contributed by atoms with E-state index in [2.05, 4.69) is 4.90 Å². The van der Waals surface area contributed by atoms with E-state index in [0.29, 0.717) is 5.92 Å². The van der Waals surface area contributed by atoms with E-state index in [1.54, 1.807) is 0 Å². The molecule has 2 bridgehead atoms. The summed E-state index contributed by atoms with van der Waals surface area (Å²) >= 11 is 0. The first-order chi connectivity index (χ1) is 6.18. The largest absolute Gasteiger partial charge is 0.481 e. The van der Waals surface area contributed by atoms with E-state index >= 15 is 0 Å². The average Bonchev–Trinajstić information content (AvgIpc) is 2.11. The van der Waals surface area contributed by atoms with Gasteiger partial charge in [-0.25, -0.2) is 0 Å². The molecule has 13 heavy (non-hydrogen) atoms. The number of carboxylic acid groups (broad SMARTS) is 1. The summed E-state index contributed by atoms with van der Waals surface area (Å²) in [7, 11) is 0. The molecule has 3 heterocycles. The molecule has 0 spiro atoms. The highest BCUT2D eigenvalue weighted by atomic mass is 16.4. The maximum Gasteiger partial charge on any atom is 0.304 e. The van der Waals surface area contributed by atoms with E-state index < -0.39 is 5.97 Å². The number of fused-ring (bicyclic) bond motifs is 3. The number of hydrogen-bond acceptors (Lipinski definition) is 3. The molecular formula is C9H16N2O2. The van der Waals surface area contributed by atoms with Crippen molar-refractivity contribution in [3.8, 4) is 0 Å². The van der Waals surface area contributed by atoms with E-state index in [9.17, 15) is 4.79 Å². The summed E-state index contributed by atoms with van der Waals surface area (Å²) in [6, 6.07) is 0.170. The van der Waals surface area contributed by atoms with Gasteiger partial charge >= 0.3 is 5.97 Å². The second-order valence-corrected chi connectivity index (χ2v) is 4.12. The molecule has 4 heteroatoms. The van der Waals surface area contributed by atoms with Crippen LogP contribution in [0.5, 0.6) is 0 Å². The van der Waals surface area contributed by atoms with Gasteiger partial charge < -0.3 is 10.8 Å². The Kier molecular flexibility index (Phi) is 2.26. The Morgan fingerprint density at radius 1 is 1.46 bits per heavy atom. The smallest absolute Gasteiger partial charge is 0.304 e. The molecule has 74 valence electrons. The maximum absolute atomic E-state index is 10.6. The Hall–Kier alpha value is -0.610. The van der Waals surface area contributed by atoms with Crippen molar-refractivity contribution in [1.29, 1.82) is 0 Å². The van der Waals surface area contributed by atoms with Gasteiger partial charge in [0, 0.05) is 12.1 Å². The number of nitrogens with zero attached hydrogens (tertiary/aromatic N) is 1. The van der Waals surface area contributed by atoms with Crippen molar-refractivity contribution >= 4 is 5.97 Å². The van der Waals surface area contributed by atoms with Crippen LogP contribution in [0.4, 0.5) is 0 Å². The highest BCUT2D eigenvalue weighted by molar-refractivity contribution is 5.67. The van der Waals surface area contributed by atoms with Gasteiger partial charge in [-0.2, -0.15) is 0 Å². The molecule has 3 rings (SSSR count). The molecule has 3 aliphatic rings. The molecular weight excluding hydrogens is 168 g/mol. The van der Waals surface area contributed by atoms with Crippen molar-refractivity contribution in [2.24, 2.45) is 11.7 Å². The summed E-state index contributed by atoms with van der Waals surface area (Å²) in [6.07, 6.45) is 2.51. The predicted molar refractivity (Wildman–Crippen MR) is 48.3 cm³/mol. The third-order valence-electron chi connectivity index (χ3n) is 3.42. The highest BCUT2D eigenvalue weighted by Gasteiger charge is 2.40. The number of nitrogens with two attached hydrogens (primary N) is 1. The van der Waals surface area contributed by atoms with Gasteiger partial charge in [0.1, 0.15) is 0 Å². The minimum Gasteiger partial charge on any atom is -0.481 e. The maximum atomic E-state index is 10.6. The van der Waals surface area contributed by atoms with E-state index in [4.69, 9.17) is 10.8 Å². The average molecular weight is 184 g/mol. The van der Waals surface area contributed by atoms with Crippen molar-refractivity contribution in [3.63, 3.8) is 0 Å². The molecule has 3 aliphatic heterocycles. The summed E-state index contributed by atoms with van der Waals surface area (Å²) in [5, 5.41) is 8.73. The standard InChI is InChI=1S/C9H16N2O2/c10-9-6-1-3-11(4-2-6)7(9)5-8(12)13/h6-7,9H,1-5,10H2,(H,12,13)/t7?,9-/m0/s1. The molecule has 0 aliphatic carbocycles. The lowest BCUT2D eigenvalue weighted by atomic mass is 9.78. The van der Waals surface area contributed by atoms with Crippen molar-refractivity contribution in [2.75, 3.05) is 13.1 Å². The van der Waals surface area contributed by atoms with Crippen LogP contribution >= 0.6 is 0 Å². The fraction of sp³-hybridized carbons (Fsp3) is 0.889. The van der Waals surface area contributed by atoms with Crippen molar-refractivity contribution in [3.05, 3.63) is 0 Å². The van der Waals surface area contributed by atoms with Crippen LogP contribution in [0.15, 0.2) is 0 Å². The lowest BCUT2D eigenvalue weighted by Gasteiger charge is -2.49. The van der Waals surface area contributed by atoms with E-state index in [-0.39, 0.29) is 18.5 Å². The summed E-state index contributed by atoms with van der Waals surface area (Å²) in [4.78, 5) is 12.8. The zero-order chi connectivity index (χ0) is 9.42. The van der Waals surface area contributed by atoms with Gasteiger partial charge in [-0.05, 0) is 31.8 Å². The van der Waals surface area contributed by atoms with Crippen LogP contribution in [0, 0.1) is 5.92 Å². The summed E-state index contributed by atoms with van der Waals surface area (Å²) in [5.41, 5.74) is 6.01. The van der Waals surface area contributed by atoms with Gasteiger partial charge in [-0.15, -0.1) is 0 Å². The van der Waals surface area contributed by atoms with Crippen LogP contribution in [0.1, 0.15) is 19.3 Å². The first kappa shape index (κ1) is 8.97. The molecule has 0 saturated carbocycles. The van der Waals surface area contributed by atoms with E-state index in [0.717, 1.165) is 25.9 Å². The van der Waals surface area contributed by atoms with E-state index in [1.165, 1.54) is 0 Å². The molecule has 0 aromatic heterocycles. The number of piperidine rings is 3. The van der Waals surface area contributed by atoms with Crippen LogP contribution in [0.25, 0.3) is 0 Å². The number of aliphatic carboxylic acids is 1.